The van der Waals surface area contributed by atoms with Crippen LogP contribution in [0.2, 0.25) is 0 Å². The summed E-state index contributed by atoms with van der Waals surface area (Å²) < 4.78 is 5.67. The van der Waals surface area contributed by atoms with Gasteiger partial charge < -0.3 is 4.74 Å². The van der Waals surface area contributed by atoms with Gasteiger partial charge in [0, 0.05) is 25.0 Å². The SMILES string of the molecule is Cc1cc2c(cc1C)C(C(=O)N(C)c1ncccn1)CO2. The first-order valence-electron chi connectivity index (χ1n) is 6.86. The monoisotopic (exact) mass is 283 g/mol. The molecule has 0 fully saturated rings. The summed E-state index contributed by atoms with van der Waals surface area (Å²) in [4.78, 5) is 22.4. The number of aromatic nitrogens is 2. The molecule has 0 bridgehead atoms. The average molecular weight is 283 g/mol. The molecule has 0 N–H and O–H groups in total. The van der Waals surface area contributed by atoms with Crippen LogP contribution in [0.5, 0.6) is 5.75 Å². The van der Waals surface area contributed by atoms with Crippen LogP contribution >= 0.6 is 0 Å². The van der Waals surface area contributed by atoms with Crippen molar-refractivity contribution in [2.24, 2.45) is 0 Å². The molecule has 2 heterocycles. The molecule has 1 aromatic carbocycles. The number of rotatable bonds is 2. The number of likely N-dealkylation sites (N-methyl/N-ethyl adjacent to an activating group) is 1. The van der Waals surface area contributed by atoms with E-state index in [0.29, 0.717) is 12.6 Å². The van der Waals surface area contributed by atoms with Gasteiger partial charge in [0.25, 0.3) is 0 Å². The van der Waals surface area contributed by atoms with Crippen molar-refractivity contribution in [1.29, 1.82) is 0 Å². The van der Waals surface area contributed by atoms with Crippen LogP contribution in [0, 0.1) is 13.8 Å². The molecule has 1 aliphatic heterocycles. The molecule has 1 unspecified atom stereocenters. The summed E-state index contributed by atoms with van der Waals surface area (Å²) in [6.07, 6.45) is 3.25. The molecular weight excluding hydrogens is 266 g/mol. The number of anilines is 1. The van der Waals surface area contributed by atoms with Gasteiger partial charge in [0.15, 0.2) is 0 Å². The maximum Gasteiger partial charge on any atom is 0.240 e. The number of carbonyl (C=O) groups is 1. The van der Waals surface area contributed by atoms with E-state index in [1.54, 1.807) is 25.5 Å². The van der Waals surface area contributed by atoms with Crippen molar-refractivity contribution in [3.63, 3.8) is 0 Å². The van der Waals surface area contributed by atoms with Crippen LogP contribution in [0.15, 0.2) is 30.6 Å². The number of amides is 1. The summed E-state index contributed by atoms with van der Waals surface area (Å²) in [7, 11) is 1.69. The summed E-state index contributed by atoms with van der Waals surface area (Å²) in [5, 5.41) is 0. The Balaban J connectivity index is 1.90. The van der Waals surface area contributed by atoms with Gasteiger partial charge in [0.1, 0.15) is 18.3 Å². The van der Waals surface area contributed by atoms with Gasteiger partial charge in [-0.3, -0.25) is 9.69 Å². The topological polar surface area (TPSA) is 55.3 Å². The molecule has 0 radical (unpaired) electrons. The average Bonchev–Trinajstić information content (AvgIpc) is 2.90. The fourth-order valence-electron chi connectivity index (χ4n) is 2.47. The number of nitrogens with zero attached hydrogens (tertiary/aromatic N) is 3. The number of fused-ring (bicyclic) bond motifs is 1. The van der Waals surface area contributed by atoms with E-state index in [2.05, 4.69) is 9.97 Å². The number of hydrogen-bond donors (Lipinski definition) is 0. The lowest BCUT2D eigenvalue weighted by atomic mass is 9.96. The Morgan fingerprint density at radius 2 is 1.90 bits per heavy atom. The molecule has 2 aromatic rings. The van der Waals surface area contributed by atoms with E-state index in [1.807, 2.05) is 26.0 Å². The lowest BCUT2D eigenvalue weighted by Crippen LogP contribution is -2.33. The molecule has 1 atom stereocenters. The van der Waals surface area contributed by atoms with Crippen molar-refractivity contribution in [3.05, 3.63) is 47.3 Å². The second kappa shape index (κ2) is 5.16. The van der Waals surface area contributed by atoms with Gasteiger partial charge in [-0.2, -0.15) is 0 Å². The fourth-order valence-corrected chi connectivity index (χ4v) is 2.47. The quantitative estimate of drug-likeness (QED) is 0.848. The molecule has 1 amide bonds. The van der Waals surface area contributed by atoms with Crippen LogP contribution in [0.25, 0.3) is 0 Å². The van der Waals surface area contributed by atoms with E-state index >= 15 is 0 Å². The number of aryl methyl sites for hydroxylation is 2. The fraction of sp³-hybridized carbons (Fsp3) is 0.312. The van der Waals surface area contributed by atoms with Crippen molar-refractivity contribution in [3.8, 4) is 5.75 Å². The number of hydrogen-bond acceptors (Lipinski definition) is 4. The molecule has 5 nitrogen and oxygen atoms in total. The zero-order chi connectivity index (χ0) is 15.0. The first-order valence-corrected chi connectivity index (χ1v) is 6.86. The first kappa shape index (κ1) is 13.5. The Kier molecular flexibility index (Phi) is 3.33. The maximum absolute atomic E-state index is 12.7. The summed E-state index contributed by atoms with van der Waals surface area (Å²) in [6, 6.07) is 5.76. The molecule has 5 heteroatoms. The minimum Gasteiger partial charge on any atom is -0.492 e. The lowest BCUT2D eigenvalue weighted by molar-refractivity contribution is -0.120. The summed E-state index contributed by atoms with van der Waals surface area (Å²) in [6.45, 7) is 4.45. The molecule has 0 spiro atoms. The molecular formula is C16H17N3O2. The Morgan fingerprint density at radius 3 is 2.62 bits per heavy atom. The third kappa shape index (κ3) is 2.35. The van der Waals surface area contributed by atoms with Crippen LogP contribution < -0.4 is 9.64 Å². The third-order valence-corrected chi connectivity index (χ3v) is 3.89. The highest BCUT2D eigenvalue weighted by molar-refractivity contribution is 5.97. The van der Waals surface area contributed by atoms with Gasteiger partial charge in [-0.1, -0.05) is 6.07 Å². The summed E-state index contributed by atoms with van der Waals surface area (Å²) >= 11 is 0. The molecule has 1 aliphatic rings. The van der Waals surface area contributed by atoms with Crippen LogP contribution in [0.4, 0.5) is 5.95 Å². The molecule has 0 aliphatic carbocycles. The molecule has 0 saturated carbocycles. The maximum atomic E-state index is 12.7. The second-order valence-electron chi connectivity index (χ2n) is 5.28. The van der Waals surface area contributed by atoms with Gasteiger partial charge in [-0.15, -0.1) is 0 Å². The smallest absolute Gasteiger partial charge is 0.240 e. The van der Waals surface area contributed by atoms with E-state index in [-0.39, 0.29) is 11.8 Å². The van der Waals surface area contributed by atoms with E-state index in [1.165, 1.54) is 10.5 Å². The predicted octanol–water partition coefficient (Wildman–Crippen LogP) is 2.23. The van der Waals surface area contributed by atoms with Crippen LogP contribution in [0.3, 0.4) is 0 Å². The van der Waals surface area contributed by atoms with Crippen molar-refractivity contribution in [2.75, 3.05) is 18.6 Å². The van der Waals surface area contributed by atoms with Crippen molar-refractivity contribution >= 4 is 11.9 Å². The third-order valence-electron chi connectivity index (χ3n) is 3.89. The Hall–Kier alpha value is -2.43. The van der Waals surface area contributed by atoms with Crippen LogP contribution in [-0.2, 0) is 4.79 Å². The standard InChI is InChI=1S/C16H17N3O2/c1-10-7-12-13(9-21-14(12)8-11(10)2)15(20)19(3)16-17-5-4-6-18-16/h4-8,13H,9H2,1-3H3. The highest BCUT2D eigenvalue weighted by atomic mass is 16.5. The number of benzene rings is 1. The molecule has 1 aromatic heterocycles. The predicted molar refractivity (Wildman–Crippen MR) is 79.6 cm³/mol. The molecule has 21 heavy (non-hydrogen) atoms. The lowest BCUT2D eigenvalue weighted by Gasteiger charge is -2.18. The van der Waals surface area contributed by atoms with Gasteiger partial charge in [-0.25, -0.2) is 9.97 Å². The van der Waals surface area contributed by atoms with E-state index in [9.17, 15) is 4.79 Å². The zero-order valence-corrected chi connectivity index (χ0v) is 12.3. The van der Waals surface area contributed by atoms with E-state index in [4.69, 9.17) is 4.74 Å². The largest absolute Gasteiger partial charge is 0.492 e. The van der Waals surface area contributed by atoms with Crippen molar-refractivity contribution in [2.45, 2.75) is 19.8 Å². The second-order valence-corrected chi connectivity index (χ2v) is 5.28. The molecule has 3 rings (SSSR count). The minimum absolute atomic E-state index is 0.0526. The summed E-state index contributed by atoms with van der Waals surface area (Å²) in [5.41, 5.74) is 3.28. The van der Waals surface area contributed by atoms with Crippen LogP contribution in [0.1, 0.15) is 22.6 Å². The molecule has 108 valence electrons. The Morgan fingerprint density at radius 1 is 1.24 bits per heavy atom. The van der Waals surface area contributed by atoms with Gasteiger partial charge in [0.2, 0.25) is 11.9 Å². The highest BCUT2D eigenvalue weighted by Gasteiger charge is 2.33. The zero-order valence-electron chi connectivity index (χ0n) is 12.3. The van der Waals surface area contributed by atoms with Crippen molar-refractivity contribution < 1.29 is 9.53 Å². The van der Waals surface area contributed by atoms with Gasteiger partial charge in [0.05, 0.1) is 0 Å². The van der Waals surface area contributed by atoms with Gasteiger partial charge >= 0.3 is 0 Å². The van der Waals surface area contributed by atoms with E-state index < -0.39 is 0 Å². The van der Waals surface area contributed by atoms with Gasteiger partial charge in [-0.05, 0) is 37.1 Å². The normalized spacial score (nSPS) is 16.2. The number of carbonyl (C=O) groups excluding carboxylic acids is 1. The van der Waals surface area contributed by atoms with E-state index in [0.717, 1.165) is 16.9 Å². The van der Waals surface area contributed by atoms with Crippen LogP contribution in [-0.4, -0.2) is 29.5 Å². The number of ether oxygens (including phenoxy) is 1. The highest BCUT2D eigenvalue weighted by Crippen LogP contribution is 2.37. The van der Waals surface area contributed by atoms with Crippen molar-refractivity contribution in [1.82, 2.24) is 9.97 Å². The Labute approximate surface area is 123 Å². The first-order chi connectivity index (χ1) is 10.1. The summed E-state index contributed by atoms with van der Waals surface area (Å²) in [5.74, 6) is 0.856. The minimum atomic E-state index is -0.298. The molecule has 0 saturated heterocycles. The Bertz CT molecular complexity index is 685.